The number of carbonyl (C=O) groups excluding carboxylic acids is 4. The van der Waals surface area contributed by atoms with Crippen LogP contribution in [0.25, 0.3) is 0 Å². The molecule has 1 saturated heterocycles. The van der Waals surface area contributed by atoms with Crippen molar-refractivity contribution in [1.82, 2.24) is 10.2 Å². The Kier molecular flexibility index (Phi) is 4.04. The number of anilines is 1. The van der Waals surface area contributed by atoms with E-state index in [1.54, 1.807) is 18.2 Å². The summed E-state index contributed by atoms with van der Waals surface area (Å²) >= 11 is 0. The normalized spacial score (nSPS) is 19.8. The number of fused-ring (bicyclic) bond motifs is 1. The van der Waals surface area contributed by atoms with Gasteiger partial charge in [0.25, 0.3) is 11.8 Å². The number of carbonyl (C=O) groups is 4. The quantitative estimate of drug-likeness (QED) is 0.478. The molecule has 2 aliphatic heterocycles. The highest BCUT2D eigenvalue weighted by atomic mass is 16.2. The van der Waals surface area contributed by atoms with Gasteiger partial charge in [-0.05, 0) is 18.6 Å². The number of nitrogens with zero attached hydrogens (tertiary/aromatic N) is 1. The van der Waals surface area contributed by atoms with Crippen LogP contribution >= 0.6 is 0 Å². The predicted octanol–water partition coefficient (Wildman–Crippen LogP) is 0.523. The van der Waals surface area contributed by atoms with Crippen LogP contribution in [0.2, 0.25) is 0 Å². The van der Waals surface area contributed by atoms with Crippen molar-refractivity contribution in [2.45, 2.75) is 25.3 Å². The Hall–Kier alpha value is -3.14. The molecule has 0 aromatic heterocycles. The number of terminal acetylenes is 1. The molecular formula is C17H15N3O4. The van der Waals surface area contributed by atoms with Crippen molar-refractivity contribution in [3.05, 3.63) is 29.3 Å². The number of benzene rings is 1. The highest BCUT2D eigenvalue weighted by Crippen LogP contribution is 2.32. The van der Waals surface area contributed by atoms with Crippen molar-refractivity contribution in [2.75, 3.05) is 11.9 Å². The molecule has 3 rings (SSSR count). The lowest BCUT2D eigenvalue weighted by molar-refractivity contribution is -0.136. The monoisotopic (exact) mass is 325 g/mol. The average molecular weight is 325 g/mol. The Morgan fingerprint density at radius 3 is 2.75 bits per heavy atom. The smallest absolute Gasteiger partial charge is 0.264 e. The summed E-state index contributed by atoms with van der Waals surface area (Å²) in [5.74, 6) is 0.408. The maximum Gasteiger partial charge on any atom is 0.264 e. The maximum absolute atomic E-state index is 12.7. The number of imide groups is 2. The zero-order chi connectivity index (χ0) is 17.3. The summed E-state index contributed by atoms with van der Waals surface area (Å²) in [6.07, 6.45) is 5.91. The zero-order valence-electron chi connectivity index (χ0n) is 12.8. The molecule has 1 aromatic carbocycles. The maximum atomic E-state index is 12.7. The van der Waals surface area contributed by atoms with Gasteiger partial charge in [0.2, 0.25) is 11.8 Å². The van der Waals surface area contributed by atoms with Gasteiger partial charge in [0.1, 0.15) is 6.04 Å². The van der Waals surface area contributed by atoms with Crippen LogP contribution in [0.5, 0.6) is 0 Å². The molecular weight excluding hydrogens is 310 g/mol. The molecule has 24 heavy (non-hydrogen) atoms. The average Bonchev–Trinajstić information content (AvgIpc) is 2.81. The molecule has 2 N–H and O–H groups in total. The number of piperidine rings is 1. The number of rotatable bonds is 4. The Balaban J connectivity index is 1.91. The largest absolute Gasteiger partial charge is 0.383 e. The predicted molar refractivity (Wildman–Crippen MR) is 85.1 cm³/mol. The van der Waals surface area contributed by atoms with Gasteiger partial charge in [-0.3, -0.25) is 29.4 Å². The van der Waals surface area contributed by atoms with Crippen LogP contribution < -0.4 is 10.6 Å². The first-order valence-corrected chi connectivity index (χ1v) is 7.56. The molecule has 2 aliphatic rings. The fourth-order valence-electron chi connectivity index (χ4n) is 2.93. The minimum absolute atomic E-state index is 0.0943. The standard InChI is InChI=1S/C17H15N3O4/c1-2-3-9-18-11-6-4-5-10-14(11)17(24)20(16(10)23)12-7-8-13(21)19-15(12)22/h1,4-6,12,18H,3,7-9H2,(H,19,21,22). The number of hydrogen-bond acceptors (Lipinski definition) is 5. The van der Waals surface area contributed by atoms with Crippen molar-refractivity contribution in [3.63, 3.8) is 0 Å². The van der Waals surface area contributed by atoms with E-state index in [-0.39, 0.29) is 24.0 Å². The Labute approximate surface area is 138 Å². The van der Waals surface area contributed by atoms with Gasteiger partial charge in [0.05, 0.1) is 11.1 Å². The fourth-order valence-corrected chi connectivity index (χ4v) is 2.93. The molecule has 1 unspecified atom stereocenters. The molecule has 4 amide bonds. The van der Waals surface area contributed by atoms with Crippen LogP contribution in [0.4, 0.5) is 5.69 Å². The summed E-state index contributed by atoms with van der Waals surface area (Å²) in [4.78, 5) is 49.6. The SMILES string of the molecule is C#CCCNc1cccc2c1C(=O)N(C1CCC(=O)NC1=O)C2=O. The lowest BCUT2D eigenvalue weighted by atomic mass is 10.0. The van der Waals surface area contributed by atoms with Crippen molar-refractivity contribution in [3.8, 4) is 12.3 Å². The van der Waals surface area contributed by atoms with Gasteiger partial charge in [-0.25, -0.2) is 0 Å². The van der Waals surface area contributed by atoms with Gasteiger partial charge in [-0.2, -0.15) is 0 Å². The van der Waals surface area contributed by atoms with Gasteiger partial charge in [-0.15, -0.1) is 12.3 Å². The first kappa shape index (κ1) is 15.7. The fraction of sp³-hybridized carbons (Fsp3) is 0.294. The Morgan fingerprint density at radius 2 is 2.04 bits per heavy atom. The van der Waals surface area contributed by atoms with E-state index in [1.165, 1.54) is 0 Å². The van der Waals surface area contributed by atoms with Crippen LogP contribution in [0.3, 0.4) is 0 Å². The number of amides is 4. The lowest BCUT2D eigenvalue weighted by Gasteiger charge is -2.27. The highest BCUT2D eigenvalue weighted by molar-refractivity contribution is 6.25. The molecule has 7 heteroatoms. The first-order chi connectivity index (χ1) is 11.5. The van der Waals surface area contributed by atoms with Crippen LogP contribution in [0, 0.1) is 12.3 Å². The minimum Gasteiger partial charge on any atom is -0.383 e. The van der Waals surface area contributed by atoms with E-state index < -0.39 is 29.7 Å². The van der Waals surface area contributed by atoms with E-state index in [0.717, 1.165) is 4.90 Å². The highest BCUT2D eigenvalue weighted by Gasteiger charge is 2.45. The van der Waals surface area contributed by atoms with Crippen LogP contribution in [-0.4, -0.2) is 41.1 Å². The zero-order valence-corrected chi connectivity index (χ0v) is 12.8. The lowest BCUT2D eigenvalue weighted by Crippen LogP contribution is -2.54. The summed E-state index contributed by atoms with van der Waals surface area (Å²) < 4.78 is 0. The second-order valence-electron chi connectivity index (χ2n) is 5.56. The van der Waals surface area contributed by atoms with Gasteiger partial charge in [0.15, 0.2) is 0 Å². The minimum atomic E-state index is -0.964. The van der Waals surface area contributed by atoms with Crippen molar-refractivity contribution >= 4 is 29.3 Å². The summed E-state index contributed by atoms with van der Waals surface area (Å²) in [5, 5.41) is 5.21. The van der Waals surface area contributed by atoms with E-state index in [0.29, 0.717) is 18.7 Å². The second-order valence-corrected chi connectivity index (χ2v) is 5.56. The first-order valence-electron chi connectivity index (χ1n) is 7.56. The van der Waals surface area contributed by atoms with Crippen molar-refractivity contribution in [2.24, 2.45) is 0 Å². The molecule has 0 spiro atoms. The van der Waals surface area contributed by atoms with Crippen LogP contribution in [-0.2, 0) is 9.59 Å². The third-order valence-electron chi connectivity index (χ3n) is 4.05. The molecule has 2 heterocycles. The second kappa shape index (κ2) is 6.16. The third kappa shape index (κ3) is 2.52. The van der Waals surface area contributed by atoms with Gasteiger partial charge < -0.3 is 5.32 Å². The number of hydrogen-bond donors (Lipinski definition) is 2. The van der Waals surface area contributed by atoms with E-state index in [2.05, 4.69) is 16.6 Å². The molecule has 0 radical (unpaired) electrons. The van der Waals surface area contributed by atoms with Crippen LogP contribution in [0.1, 0.15) is 40.0 Å². The molecule has 1 atom stereocenters. The molecule has 0 saturated carbocycles. The summed E-state index contributed by atoms with van der Waals surface area (Å²) in [6.45, 7) is 0.465. The Morgan fingerprint density at radius 1 is 1.25 bits per heavy atom. The summed E-state index contributed by atoms with van der Waals surface area (Å²) in [6, 6.07) is 3.94. The van der Waals surface area contributed by atoms with Gasteiger partial charge in [-0.1, -0.05) is 6.07 Å². The molecule has 1 fully saturated rings. The topological polar surface area (TPSA) is 95.6 Å². The molecule has 0 aliphatic carbocycles. The summed E-state index contributed by atoms with van der Waals surface area (Å²) in [7, 11) is 0. The van der Waals surface area contributed by atoms with E-state index >= 15 is 0 Å². The molecule has 0 bridgehead atoms. The van der Waals surface area contributed by atoms with Gasteiger partial charge in [0, 0.05) is 25.1 Å². The van der Waals surface area contributed by atoms with Gasteiger partial charge >= 0.3 is 0 Å². The van der Waals surface area contributed by atoms with Crippen LogP contribution in [0.15, 0.2) is 18.2 Å². The van der Waals surface area contributed by atoms with Crippen molar-refractivity contribution in [1.29, 1.82) is 0 Å². The van der Waals surface area contributed by atoms with E-state index in [4.69, 9.17) is 6.42 Å². The van der Waals surface area contributed by atoms with E-state index in [1.807, 2.05) is 0 Å². The third-order valence-corrected chi connectivity index (χ3v) is 4.05. The Bertz CT molecular complexity index is 794. The summed E-state index contributed by atoms with van der Waals surface area (Å²) in [5.41, 5.74) is 0.996. The van der Waals surface area contributed by atoms with E-state index in [9.17, 15) is 19.2 Å². The molecule has 1 aromatic rings. The molecule has 7 nitrogen and oxygen atoms in total. The van der Waals surface area contributed by atoms with Crippen molar-refractivity contribution < 1.29 is 19.2 Å². The number of nitrogens with one attached hydrogen (secondary N) is 2. The molecule has 122 valence electrons.